The Hall–Kier alpha value is -1.98. The summed E-state index contributed by atoms with van der Waals surface area (Å²) in [6, 6.07) is 3.77. The molecule has 0 aromatic carbocycles. The van der Waals surface area contributed by atoms with E-state index in [1.807, 2.05) is 12.1 Å². The van der Waals surface area contributed by atoms with Gasteiger partial charge >= 0.3 is 6.09 Å². The van der Waals surface area contributed by atoms with E-state index in [-0.39, 0.29) is 12.2 Å². The number of nitrogens with two attached hydrogens (primary N) is 1. The first-order valence-corrected chi connectivity index (χ1v) is 7.64. The molecule has 2 aliphatic rings. The predicted octanol–water partition coefficient (Wildman–Crippen LogP) is 1.86. The Balaban J connectivity index is 1.50. The molecular formula is C15H22N4O2. The van der Waals surface area contributed by atoms with Crippen molar-refractivity contribution in [2.75, 3.05) is 36.8 Å². The van der Waals surface area contributed by atoms with Crippen LogP contribution in [-0.4, -0.2) is 48.3 Å². The SMILES string of the molecule is Nc1ccc(N2CCN(C(=O)OC3CCCC3)CC2)nc1. The zero-order chi connectivity index (χ0) is 14.7. The number of aromatic nitrogens is 1. The second-order valence-electron chi connectivity index (χ2n) is 5.71. The number of amides is 1. The third kappa shape index (κ3) is 3.37. The summed E-state index contributed by atoms with van der Waals surface area (Å²) in [6.07, 6.45) is 6.02. The second kappa shape index (κ2) is 6.20. The van der Waals surface area contributed by atoms with E-state index in [1.54, 1.807) is 11.1 Å². The molecule has 0 atom stereocenters. The maximum Gasteiger partial charge on any atom is 0.410 e. The van der Waals surface area contributed by atoms with E-state index in [0.29, 0.717) is 18.8 Å². The molecule has 114 valence electrons. The van der Waals surface area contributed by atoms with E-state index >= 15 is 0 Å². The van der Waals surface area contributed by atoms with Crippen LogP contribution < -0.4 is 10.6 Å². The minimum Gasteiger partial charge on any atom is -0.446 e. The van der Waals surface area contributed by atoms with E-state index in [4.69, 9.17) is 10.5 Å². The Morgan fingerprint density at radius 3 is 2.52 bits per heavy atom. The zero-order valence-electron chi connectivity index (χ0n) is 12.2. The molecule has 1 saturated carbocycles. The lowest BCUT2D eigenvalue weighted by atomic mass is 10.3. The second-order valence-corrected chi connectivity index (χ2v) is 5.71. The summed E-state index contributed by atoms with van der Waals surface area (Å²) < 4.78 is 5.54. The van der Waals surface area contributed by atoms with Crippen LogP contribution in [0.4, 0.5) is 16.3 Å². The van der Waals surface area contributed by atoms with Crippen LogP contribution in [0, 0.1) is 0 Å². The quantitative estimate of drug-likeness (QED) is 0.900. The average molecular weight is 290 g/mol. The van der Waals surface area contributed by atoms with Crippen LogP contribution in [0.25, 0.3) is 0 Å². The van der Waals surface area contributed by atoms with Crippen molar-refractivity contribution in [1.29, 1.82) is 0 Å². The summed E-state index contributed by atoms with van der Waals surface area (Å²) in [5.74, 6) is 0.910. The van der Waals surface area contributed by atoms with Gasteiger partial charge in [0.05, 0.1) is 11.9 Å². The van der Waals surface area contributed by atoms with E-state index in [0.717, 1.165) is 31.7 Å². The van der Waals surface area contributed by atoms with Gasteiger partial charge in [0, 0.05) is 26.2 Å². The molecule has 1 aromatic heterocycles. The van der Waals surface area contributed by atoms with Crippen molar-refractivity contribution < 1.29 is 9.53 Å². The lowest BCUT2D eigenvalue weighted by Gasteiger charge is -2.35. The maximum atomic E-state index is 12.1. The van der Waals surface area contributed by atoms with E-state index < -0.39 is 0 Å². The number of hydrogen-bond acceptors (Lipinski definition) is 5. The normalized spacial score (nSPS) is 19.8. The Kier molecular flexibility index (Phi) is 4.13. The third-order valence-electron chi connectivity index (χ3n) is 4.20. The summed E-state index contributed by atoms with van der Waals surface area (Å²) in [6.45, 7) is 2.91. The highest BCUT2D eigenvalue weighted by Gasteiger charge is 2.26. The molecule has 1 amide bonds. The molecule has 0 unspecified atom stereocenters. The van der Waals surface area contributed by atoms with Gasteiger partial charge in [0.2, 0.25) is 0 Å². The highest BCUT2D eigenvalue weighted by molar-refractivity contribution is 5.68. The molecule has 1 aliphatic heterocycles. The molecule has 6 heteroatoms. The monoisotopic (exact) mass is 290 g/mol. The van der Waals surface area contributed by atoms with Gasteiger partial charge in [-0.3, -0.25) is 0 Å². The molecule has 0 radical (unpaired) electrons. The van der Waals surface area contributed by atoms with Gasteiger partial charge in [0.25, 0.3) is 0 Å². The molecular weight excluding hydrogens is 268 g/mol. The van der Waals surface area contributed by atoms with Crippen molar-refractivity contribution in [2.45, 2.75) is 31.8 Å². The van der Waals surface area contributed by atoms with Crippen molar-refractivity contribution >= 4 is 17.6 Å². The number of pyridine rings is 1. The summed E-state index contributed by atoms with van der Waals surface area (Å²) in [5, 5.41) is 0. The molecule has 1 aliphatic carbocycles. The topological polar surface area (TPSA) is 71.7 Å². The highest BCUT2D eigenvalue weighted by atomic mass is 16.6. The Bertz CT molecular complexity index is 477. The fourth-order valence-corrected chi connectivity index (χ4v) is 2.93. The lowest BCUT2D eigenvalue weighted by molar-refractivity contribution is 0.0638. The van der Waals surface area contributed by atoms with E-state index in [2.05, 4.69) is 9.88 Å². The number of carbonyl (C=O) groups is 1. The molecule has 21 heavy (non-hydrogen) atoms. The van der Waals surface area contributed by atoms with Crippen molar-refractivity contribution in [1.82, 2.24) is 9.88 Å². The fourth-order valence-electron chi connectivity index (χ4n) is 2.93. The average Bonchev–Trinajstić information content (AvgIpc) is 3.01. The molecule has 6 nitrogen and oxygen atoms in total. The minimum atomic E-state index is -0.160. The molecule has 1 aromatic rings. The van der Waals surface area contributed by atoms with Gasteiger partial charge in [-0.2, -0.15) is 0 Å². The van der Waals surface area contributed by atoms with Crippen LogP contribution in [0.15, 0.2) is 18.3 Å². The first-order valence-electron chi connectivity index (χ1n) is 7.64. The number of carbonyl (C=O) groups excluding carboxylic acids is 1. The molecule has 2 N–H and O–H groups in total. The van der Waals surface area contributed by atoms with Crippen LogP contribution in [0.3, 0.4) is 0 Å². The van der Waals surface area contributed by atoms with Gasteiger partial charge in [0.15, 0.2) is 0 Å². The standard InChI is InChI=1S/C15H22N4O2/c16-12-5-6-14(17-11-12)18-7-9-19(10-8-18)15(20)21-13-3-1-2-4-13/h5-6,11,13H,1-4,7-10,16H2. The van der Waals surface area contributed by atoms with E-state index in [9.17, 15) is 4.79 Å². The third-order valence-corrected chi connectivity index (χ3v) is 4.20. The molecule has 0 spiro atoms. The van der Waals surface area contributed by atoms with Crippen LogP contribution in [-0.2, 0) is 4.74 Å². The minimum absolute atomic E-state index is 0.134. The van der Waals surface area contributed by atoms with Crippen LogP contribution in [0.1, 0.15) is 25.7 Å². The Labute approximate surface area is 124 Å². The largest absolute Gasteiger partial charge is 0.446 e. The highest BCUT2D eigenvalue weighted by Crippen LogP contribution is 2.22. The smallest absolute Gasteiger partial charge is 0.410 e. The van der Waals surface area contributed by atoms with Crippen molar-refractivity contribution in [3.05, 3.63) is 18.3 Å². The van der Waals surface area contributed by atoms with Crippen LogP contribution >= 0.6 is 0 Å². The fraction of sp³-hybridized carbons (Fsp3) is 0.600. The van der Waals surface area contributed by atoms with Crippen molar-refractivity contribution in [2.24, 2.45) is 0 Å². The Morgan fingerprint density at radius 1 is 1.19 bits per heavy atom. The molecule has 2 heterocycles. The summed E-state index contributed by atoms with van der Waals surface area (Å²) in [4.78, 5) is 20.4. The first kappa shape index (κ1) is 14.0. The number of nitrogens with zero attached hydrogens (tertiary/aromatic N) is 3. The molecule has 2 fully saturated rings. The van der Waals surface area contributed by atoms with Gasteiger partial charge in [-0.15, -0.1) is 0 Å². The number of nitrogen functional groups attached to an aromatic ring is 1. The summed E-state index contributed by atoms with van der Waals surface area (Å²) in [5.41, 5.74) is 6.31. The van der Waals surface area contributed by atoms with Gasteiger partial charge in [0.1, 0.15) is 11.9 Å². The maximum absolute atomic E-state index is 12.1. The van der Waals surface area contributed by atoms with Gasteiger partial charge in [-0.1, -0.05) is 0 Å². The number of anilines is 2. The molecule has 0 bridgehead atoms. The zero-order valence-corrected chi connectivity index (χ0v) is 12.2. The van der Waals surface area contributed by atoms with E-state index in [1.165, 1.54) is 12.8 Å². The number of ether oxygens (including phenoxy) is 1. The molecule has 3 rings (SSSR count). The van der Waals surface area contributed by atoms with Crippen molar-refractivity contribution in [3.8, 4) is 0 Å². The van der Waals surface area contributed by atoms with Gasteiger partial charge in [-0.25, -0.2) is 9.78 Å². The summed E-state index contributed by atoms with van der Waals surface area (Å²) in [7, 11) is 0. The molecule has 1 saturated heterocycles. The van der Waals surface area contributed by atoms with Crippen LogP contribution in [0.2, 0.25) is 0 Å². The Morgan fingerprint density at radius 2 is 1.90 bits per heavy atom. The van der Waals surface area contributed by atoms with Gasteiger partial charge in [-0.05, 0) is 37.8 Å². The summed E-state index contributed by atoms with van der Waals surface area (Å²) >= 11 is 0. The van der Waals surface area contributed by atoms with Gasteiger partial charge < -0.3 is 20.3 Å². The number of piperazine rings is 1. The lowest BCUT2D eigenvalue weighted by Crippen LogP contribution is -2.49. The predicted molar refractivity (Wildman–Crippen MR) is 81.2 cm³/mol. The van der Waals surface area contributed by atoms with Crippen molar-refractivity contribution in [3.63, 3.8) is 0 Å². The van der Waals surface area contributed by atoms with Crippen LogP contribution in [0.5, 0.6) is 0 Å². The first-order chi connectivity index (χ1) is 10.2. The number of hydrogen-bond donors (Lipinski definition) is 1. The number of rotatable bonds is 2.